The van der Waals surface area contributed by atoms with Crippen LogP contribution < -0.4 is 4.90 Å². The minimum Gasteiger partial charge on any atom is -0.377 e. The van der Waals surface area contributed by atoms with E-state index in [1.165, 1.54) is 5.57 Å². The largest absolute Gasteiger partial charge is 0.377 e. The summed E-state index contributed by atoms with van der Waals surface area (Å²) in [7, 11) is 6.08. The van der Waals surface area contributed by atoms with Crippen molar-refractivity contribution in [1.82, 2.24) is 19.8 Å². The topological polar surface area (TPSA) is 61.8 Å². The van der Waals surface area contributed by atoms with Gasteiger partial charge in [0.25, 0.3) is 0 Å². The minimum atomic E-state index is -0.0130. The summed E-state index contributed by atoms with van der Waals surface area (Å²) in [6.07, 6.45) is 5.20. The number of likely N-dealkylation sites (N-methyl/N-ethyl adjacent to an activating group) is 1. The molecule has 1 saturated heterocycles. The molecule has 0 spiro atoms. The zero-order valence-corrected chi connectivity index (χ0v) is 16.9. The number of ether oxygens (including phenoxy) is 1. The quantitative estimate of drug-likeness (QED) is 0.711. The van der Waals surface area contributed by atoms with Gasteiger partial charge in [-0.05, 0) is 31.9 Å². The first kappa shape index (κ1) is 19.8. The first-order chi connectivity index (χ1) is 12.9. The molecule has 2 aliphatic rings. The molecule has 7 heteroatoms. The summed E-state index contributed by atoms with van der Waals surface area (Å²) >= 11 is 0. The van der Waals surface area contributed by atoms with Crippen LogP contribution in [0.15, 0.2) is 17.7 Å². The SMILES string of the molecule is CC(=O)N1CCCC1c1nc(CN(C)CC2=CCCOC2)cc(N(C)C)n1. The van der Waals surface area contributed by atoms with Gasteiger partial charge in [-0.1, -0.05) is 6.08 Å². The minimum absolute atomic E-state index is 0.0130. The molecule has 3 heterocycles. The number of hydrogen-bond acceptors (Lipinski definition) is 6. The van der Waals surface area contributed by atoms with Crippen LogP contribution in [0.25, 0.3) is 0 Å². The van der Waals surface area contributed by atoms with E-state index in [9.17, 15) is 4.79 Å². The first-order valence-electron chi connectivity index (χ1n) is 9.70. The van der Waals surface area contributed by atoms with Crippen LogP contribution in [0.1, 0.15) is 43.7 Å². The molecule has 0 bridgehead atoms. The molecule has 3 rings (SSSR count). The summed E-state index contributed by atoms with van der Waals surface area (Å²) in [5, 5.41) is 0. The van der Waals surface area contributed by atoms with Crippen LogP contribution in [0.3, 0.4) is 0 Å². The molecule has 0 radical (unpaired) electrons. The predicted molar refractivity (Wildman–Crippen MR) is 106 cm³/mol. The third-order valence-electron chi connectivity index (χ3n) is 5.08. The van der Waals surface area contributed by atoms with Gasteiger partial charge in [0, 0.05) is 46.7 Å². The Kier molecular flexibility index (Phi) is 6.44. The molecule has 1 fully saturated rings. The molecule has 148 valence electrons. The highest BCUT2D eigenvalue weighted by molar-refractivity contribution is 5.74. The average Bonchev–Trinajstić information content (AvgIpc) is 3.12. The van der Waals surface area contributed by atoms with Crippen LogP contribution >= 0.6 is 0 Å². The highest BCUT2D eigenvalue weighted by atomic mass is 16.5. The molecule has 0 N–H and O–H groups in total. The van der Waals surface area contributed by atoms with Gasteiger partial charge in [0.2, 0.25) is 5.91 Å². The molecule has 27 heavy (non-hydrogen) atoms. The number of carbonyl (C=O) groups excluding carboxylic acids is 1. The van der Waals surface area contributed by atoms with Crippen molar-refractivity contribution in [3.05, 3.63) is 29.2 Å². The predicted octanol–water partition coefficient (Wildman–Crippen LogP) is 2.00. The van der Waals surface area contributed by atoms with Gasteiger partial charge in [0.15, 0.2) is 5.82 Å². The van der Waals surface area contributed by atoms with Crippen LogP contribution in [0.4, 0.5) is 5.82 Å². The zero-order chi connectivity index (χ0) is 19.4. The fraction of sp³-hybridized carbons (Fsp3) is 0.650. The number of amides is 1. The second kappa shape index (κ2) is 8.80. The number of carbonyl (C=O) groups is 1. The van der Waals surface area contributed by atoms with E-state index in [1.807, 2.05) is 30.0 Å². The van der Waals surface area contributed by atoms with E-state index in [1.54, 1.807) is 6.92 Å². The molecule has 2 aliphatic heterocycles. The highest BCUT2D eigenvalue weighted by Crippen LogP contribution is 2.31. The van der Waals surface area contributed by atoms with Crippen molar-refractivity contribution in [3.63, 3.8) is 0 Å². The van der Waals surface area contributed by atoms with Crippen LogP contribution in [0, 0.1) is 0 Å². The van der Waals surface area contributed by atoms with Gasteiger partial charge in [-0.25, -0.2) is 9.97 Å². The lowest BCUT2D eigenvalue weighted by Crippen LogP contribution is -2.30. The molecule has 1 unspecified atom stereocenters. The molecule has 1 aromatic heterocycles. The van der Waals surface area contributed by atoms with Crippen molar-refractivity contribution >= 4 is 11.7 Å². The Labute approximate surface area is 162 Å². The highest BCUT2D eigenvalue weighted by Gasteiger charge is 2.30. The van der Waals surface area contributed by atoms with Crippen LogP contribution in [0.2, 0.25) is 0 Å². The lowest BCUT2D eigenvalue weighted by molar-refractivity contribution is -0.129. The van der Waals surface area contributed by atoms with E-state index >= 15 is 0 Å². The van der Waals surface area contributed by atoms with Crippen LogP contribution in [-0.2, 0) is 16.1 Å². The fourth-order valence-electron chi connectivity index (χ4n) is 3.77. The summed E-state index contributed by atoms with van der Waals surface area (Å²) in [5.74, 6) is 1.75. The third kappa shape index (κ3) is 5.05. The summed E-state index contributed by atoms with van der Waals surface area (Å²) in [6, 6.07) is 2.03. The van der Waals surface area contributed by atoms with Crippen LogP contribution in [0.5, 0.6) is 0 Å². The van der Waals surface area contributed by atoms with Gasteiger partial charge in [0.1, 0.15) is 5.82 Å². The van der Waals surface area contributed by atoms with Gasteiger partial charge in [-0.3, -0.25) is 9.69 Å². The van der Waals surface area contributed by atoms with Crippen molar-refractivity contribution in [3.8, 4) is 0 Å². The van der Waals surface area contributed by atoms with Crippen molar-refractivity contribution in [2.24, 2.45) is 0 Å². The van der Waals surface area contributed by atoms with Gasteiger partial charge < -0.3 is 14.5 Å². The van der Waals surface area contributed by atoms with E-state index in [2.05, 4.69) is 18.0 Å². The summed E-state index contributed by atoms with van der Waals surface area (Å²) in [4.78, 5) is 27.7. The van der Waals surface area contributed by atoms with Gasteiger partial charge >= 0.3 is 0 Å². The van der Waals surface area contributed by atoms with E-state index in [0.29, 0.717) is 0 Å². The Hall–Kier alpha value is -1.99. The Bertz CT molecular complexity index is 704. The second-order valence-corrected chi connectivity index (χ2v) is 7.72. The van der Waals surface area contributed by atoms with Gasteiger partial charge in [-0.15, -0.1) is 0 Å². The van der Waals surface area contributed by atoms with E-state index in [4.69, 9.17) is 14.7 Å². The molecule has 1 amide bonds. The molecule has 0 saturated carbocycles. The van der Waals surface area contributed by atoms with Crippen molar-refractivity contribution in [2.45, 2.75) is 38.8 Å². The van der Waals surface area contributed by atoms with E-state index in [0.717, 1.165) is 69.4 Å². The van der Waals surface area contributed by atoms with E-state index < -0.39 is 0 Å². The zero-order valence-electron chi connectivity index (χ0n) is 16.9. The first-order valence-corrected chi connectivity index (χ1v) is 9.70. The molecule has 1 aromatic rings. The lowest BCUT2D eigenvalue weighted by atomic mass is 10.1. The second-order valence-electron chi connectivity index (χ2n) is 7.72. The number of likely N-dealkylation sites (tertiary alicyclic amines) is 1. The molecule has 7 nitrogen and oxygen atoms in total. The standard InChI is InChI=1S/C20H31N5O2/c1-15(26)25-9-5-8-18(25)20-21-17(11-19(22-20)23(2)3)13-24(4)12-16-7-6-10-27-14-16/h7,11,18H,5-6,8-10,12-14H2,1-4H3. The smallest absolute Gasteiger partial charge is 0.220 e. The lowest BCUT2D eigenvalue weighted by Gasteiger charge is -2.25. The number of hydrogen-bond donors (Lipinski definition) is 0. The molecular formula is C20H31N5O2. The monoisotopic (exact) mass is 373 g/mol. The average molecular weight is 374 g/mol. The van der Waals surface area contributed by atoms with E-state index in [-0.39, 0.29) is 11.9 Å². The number of aromatic nitrogens is 2. The molecule has 0 aliphatic carbocycles. The molecular weight excluding hydrogens is 342 g/mol. The maximum absolute atomic E-state index is 12.0. The Balaban J connectivity index is 1.79. The Morgan fingerprint density at radius 1 is 1.30 bits per heavy atom. The fourth-order valence-corrected chi connectivity index (χ4v) is 3.77. The summed E-state index contributed by atoms with van der Waals surface area (Å²) in [6.45, 7) is 5.57. The summed E-state index contributed by atoms with van der Waals surface area (Å²) < 4.78 is 5.54. The molecule has 0 aromatic carbocycles. The number of nitrogens with zero attached hydrogens (tertiary/aromatic N) is 5. The maximum atomic E-state index is 12.0. The van der Waals surface area contributed by atoms with Crippen molar-refractivity contribution < 1.29 is 9.53 Å². The Morgan fingerprint density at radius 3 is 2.78 bits per heavy atom. The number of rotatable bonds is 6. The van der Waals surface area contributed by atoms with Gasteiger partial charge in [-0.2, -0.15) is 0 Å². The van der Waals surface area contributed by atoms with Crippen molar-refractivity contribution in [1.29, 1.82) is 0 Å². The Morgan fingerprint density at radius 2 is 2.11 bits per heavy atom. The van der Waals surface area contributed by atoms with Crippen LogP contribution in [-0.4, -0.2) is 73.1 Å². The summed E-state index contributed by atoms with van der Waals surface area (Å²) in [5.41, 5.74) is 2.31. The van der Waals surface area contributed by atoms with Gasteiger partial charge in [0.05, 0.1) is 24.9 Å². The number of anilines is 1. The van der Waals surface area contributed by atoms with Crippen molar-refractivity contribution in [2.75, 3.05) is 52.3 Å². The third-order valence-corrected chi connectivity index (χ3v) is 5.08. The maximum Gasteiger partial charge on any atom is 0.220 e. The normalized spacial score (nSPS) is 20.1. The molecule has 1 atom stereocenters.